The zero-order chi connectivity index (χ0) is 27.0. The molecule has 2 aromatic heterocycles. The van der Waals surface area contributed by atoms with Gasteiger partial charge in [-0.15, -0.1) is 0 Å². The Morgan fingerprint density at radius 3 is 1.27 bits per heavy atom. The first kappa shape index (κ1) is 27.7. The van der Waals surface area contributed by atoms with Gasteiger partial charge in [-0.3, -0.25) is 0 Å². The molecule has 190 valence electrons. The third kappa shape index (κ3) is 7.08. The highest BCUT2D eigenvalue weighted by Gasteiger charge is 2.43. The smallest absolute Gasteiger partial charge is 0.167 e. The van der Waals surface area contributed by atoms with Crippen LogP contribution < -0.4 is 9.97 Å². The topological polar surface area (TPSA) is 161 Å². The van der Waals surface area contributed by atoms with Gasteiger partial charge in [0.1, 0.15) is 0 Å². The maximum atomic E-state index is 8.25. The summed E-state index contributed by atoms with van der Waals surface area (Å²) in [6.45, 7) is 0. The Bertz CT molecular complexity index is 1280. The van der Waals surface area contributed by atoms with Crippen LogP contribution in [0.4, 0.5) is 0 Å². The second kappa shape index (κ2) is 12.4. The van der Waals surface area contributed by atoms with E-state index in [4.69, 9.17) is 30.6 Å². The average molecular weight is 632 g/mol. The van der Waals surface area contributed by atoms with Crippen molar-refractivity contribution in [3.63, 3.8) is 0 Å². The molecule has 1 aliphatic carbocycles. The van der Waals surface area contributed by atoms with Crippen molar-refractivity contribution in [1.29, 1.82) is 0 Å². The van der Waals surface area contributed by atoms with Gasteiger partial charge in [0.25, 0.3) is 0 Å². The van der Waals surface area contributed by atoms with E-state index in [0.717, 1.165) is 21.8 Å². The molecule has 0 unspecified atom stereocenters. The van der Waals surface area contributed by atoms with Crippen LogP contribution in [0.1, 0.15) is 22.3 Å². The minimum atomic E-state index is -1.75. The third-order valence-corrected chi connectivity index (χ3v) is 6.86. The molecular formula is C25H20Br2N4O6. The zero-order valence-corrected chi connectivity index (χ0v) is 22.3. The zero-order valence-electron chi connectivity index (χ0n) is 19.1. The van der Waals surface area contributed by atoms with E-state index in [0.29, 0.717) is 0 Å². The molecule has 1 aliphatic rings. The Hall–Kier alpha value is -3.90. The van der Waals surface area contributed by atoms with Crippen molar-refractivity contribution >= 4 is 31.9 Å². The van der Waals surface area contributed by atoms with Crippen LogP contribution in [-0.4, -0.2) is 10.2 Å². The fraction of sp³-hybridized carbons (Fsp3) is 0.120. The number of nitrogens with one attached hydrogen (secondary N) is 2. The summed E-state index contributed by atoms with van der Waals surface area (Å²) in [5.74, 6) is 0. The molecule has 10 nitrogen and oxygen atoms in total. The Morgan fingerprint density at radius 2 is 0.946 bits per heavy atom. The van der Waals surface area contributed by atoms with E-state index in [2.05, 4.69) is 102 Å². The molecule has 2 N–H and O–H groups in total. The van der Waals surface area contributed by atoms with E-state index in [1.54, 1.807) is 0 Å². The molecule has 37 heavy (non-hydrogen) atoms. The van der Waals surface area contributed by atoms with Crippen LogP contribution in [0.2, 0.25) is 0 Å². The molecule has 0 radical (unpaired) electrons. The van der Waals surface area contributed by atoms with Crippen molar-refractivity contribution in [3.05, 3.63) is 147 Å². The van der Waals surface area contributed by atoms with E-state index in [1.807, 2.05) is 24.8 Å². The molecular weight excluding hydrogens is 612 g/mol. The number of benzene rings is 2. The number of rotatable bonds is 4. The Labute approximate surface area is 228 Å². The van der Waals surface area contributed by atoms with Crippen LogP contribution in [0.5, 0.6) is 0 Å². The van der Waals surface area contributed by atoms with Crippen molar-refractivity contribution in [2.24, 2.45) is 0 Å². The summed E-state index contributed by atoms with van der Waals surface area (Å²) in [4.78, 5) is 22.8. The molecule has 0 aliphatic heterocycles. The monoisotopic (exact) mass is 630 g/mol. The second-order valence-electron chi connectivity index (χ2n) is 8.08. The Balaban J connectivity index is 0.000000420. The Kier molecular flexibility index (Phi) is 9.25. The van der Waals surface area contributed by atoms with Crippen LogP contribution in [0.25, 0.3) is 11.1 Å². The number of hydrogen-bond donors (Lipinski definition) is 0. The number of aromatic nitrogens is 2. The lowest BCUT2D eigenvalue weighted by Gasteiger charge is -2.33. The van der Waals surface area contributed by atoms with Crippen LogP contribution in [0.3, 0.4) is 0 Å². The quantitative estimate of drug-likeness (QED) is 0.224. The van der Waals surface area contributed by atoms with Crippen molar-refractivity contribution in [2.75, 3.05) is 0 Å². The molecule has 0 spiro atoms. The minimum Gasteiger partial charge on any atom is -0.356 e. The van der Waals surface area contributed by atoms with Gasteiger partial charge >= 0.3 is 0 Å². The van der Waals surface area contributed by atoms with Gasteiger partial charge in [-0.25, -0.2) is 9.97 Å². The van der Waals surface area contributed by atoms with Crippen LogP contribution in [0.15, 0.2) is 94.4 Å². The van der Waals surface area contributed by atoms with E-state index in [1.165, 1.54) is 33.4 Å². The third-order valence-electron chi connectivity index (χ3n) is 5.87. The van der Waals surface area contributed by atoms with E-state index in [-0.39, 0.29) is 5.41 Å². The van der Waals surface area contributed by atoms with Gasteiger partial charge in [-0.05, 0) is 70.5 Å². The highest BCUT2D eigenvalue weighted by molar-refractivity contribution is 9.10. The summed E-state index contributed by atoms with van der Waals surface area (Å²) in [5.41, 5.74) is 7.96. The summed E-state index contributed by atoms with van der Waals surface area (Å²) < 4.78 is 2.24. The first-order valence-electron chi connectivity index (χ1n) is 10.8. The number of pyridine rings is 2. The van der Waals surface area contributed by atoms with E-state index in [9.17, 15) is 0 Å². The second-order valence-corrected chi connectivity index (χ2v) is 9.91. The minimum absolute atomic E-state index is 0.138. The van der Waals surface area contributed by atoms with Crippen LogP contribution >= 0.6 is 31.9 Å². The predicted molar refractivity (Wildman–Crippen MR) is 142 cm³/mol. The van der Waals surface area contributed by atoms with Crippen LogP contribution in [0, 0.1) is 30.6 Å². The number of aromatic amines is 2. The molecule has 12 heteroatoms. The van der Waals surface area contributed by atoms with Gasteiger partial charge in [-0.2, -0.15) is 0 Å². The largest absolute Gasteiger partial charge is 0.356 e. The molecule has 0 saturated carbocycles. The standard InChI is InChI=1S/C25H18Br2N2.2NO3/c26-19-1-3-21-22-4-2-20(27)14-24(22)25(23(21)13-19,15-17-5-9-28-10-6-17)16-18-7-11-29-12-8-18;2*2-1(3)4/h1-14H,15-16H2;;/q;2*-1/p+2. The van der Waals surface area contributed by atoms with Crippen molar-refractivity contribution in [2.45, 2.75) is 18.3 Å². The van der Waals surface area contributed by atoms with E-state index < -0.39 is 10.2 Å². The van der Waals surface area contributed by atoms with E-state index >= 15 is 0 Å². The first-order valence-corrected chi connectivity index (χ1v) is 12.3. The summed E-state index contributed by atoms with van der Waals surface area (Å²) >= 11 is 7.45. The average Bonchev–Trinajstić information content (AvgIpc) is 3.08. The number of fused-ring (bicyclic) bond motifs is 3. The fourth-order valence-corrected chi connectivity index (χ4v) is 5.38. The van der Waals surface area contributed by atoms with Crippen molar-refractivity contribution < 1.29 is 20.1 Å². The molecule has 0 saturated heterocycles. The van der Waals surface area contributed by atoms with Crippen LogP contribution in [-0.2, 0) is 18.3 Å². The number of hydrogen-bond acceptors (Lipinski definition) is 6. The predicted octanol–water partition coefficient (Wildman–Crippen LogP) is 5.11. The van der Waals surface area contributed by atoms with Gasteiger partial charge in [0.05, 0.1) is 10.2 Å². The molecule has 2 aromatic carbocycles. The molecule has 0 atom stereocenters. The summed E-state index contributed by atoms with van der Waals surface area (Å²) in [6.07, 6.45) is 9.93. The maximum Gasteiger partial charge on any atom is 0.167 e. The molecule has 2 heterocycles. The van der Waals surface area contributed by atoms with Crippen molar-refractivity contribution in [3.8, 4) is 11.1 Å². The van der Waals surface area contributed by atoms with Gasteiger partial charge in [-0.1, -0.05) is 44.0 Å². The molecule has 4 aromatic rings. The Morgan fingerprint density at radius 1 is 0.622 bits per heavy atom. The van der Waals surface area contributed by atoms with Gasteiger partial charge in [0, 0.05) is 38.6 Å². The summed E-state index contributed by atoms with van der Waals surface area (Å²) in [5, 5.41) is 29.5. The fourth-order valence-electron chi connectivity index (χ4n) is 4.66. The molecule has 0 bridgehead atoms. The lowest BCUT2D eigenvalue weighted by Crippen LogP contribution is -2.31. The molecule has 0 fully saturated rings. The molecule has 0 amide bonds. The first-order chi connectivity index (χ1) is 17.6. The normalized spacial score (nSPS) is 12.1. The maximum absolute atomic E-state index is 8.25. The molecule has 5 rings (SSSR count). The highest BCUT2D eigenvalue weighted by Crippen LogP contribution is 2.53. The van der Waals surface area contributed by atoms with Gasteiger partial charge in [0.2, 0.25) is 0 Å². The highest BCUT2D eigenvalue weighted by atomic mass is 79.9. The van der Waals surface area contributed by atoms with Gasteiger partial charge in [0.15, 0.2) is 24.8 Å². The van der Waals surface area contributed by atoms with Crippen molar-refractivity contribution in [1.82, 2.24) is 0 Å². The summed E-state index contributed by atoms with van der Waals surface area (Å²) in [6, 6.07) is 22.2. The number of nitrogens with zero attached hydrogens (tertiary/aromatic N) is 2. The number of H-pyrrole nitrogens is 2. The number of halogens is 2. The lowest BCUT2D eigenvalue weighted by atomic mass is 9.70. The SMILES string of the molecule is Brc1ccc2c(c1)C(Cc1cc[nH+]cc1)(Cc1cc[nH+]cc1)c1cc(Br)ccc1-2.O=[N+]([O-])[O-].O=[N+]([O-])[O-]. The van der Waals surface area contributed by atoms with Gasteiger partial charge < -0.3 is 30.6 Å². The summed E-state index contributed by atoms with van der Waals surface area (Å²) in [7, 11) is 0. The lowest BCUT2D eigenvalue weighted by molar-refractivity contribution is -0.403.